The van der Waals surface area contributed by atoms with Gasteiger partial charge in [-0.25, -0.2) is 4.98 Å². The maximum absolute atomic E-state index is 12.5. The number of rotatable bonds is 3. The normalized spacial score (nSPS) is 25.6. The molecule has 2 atom stereocenters. The number of nitrogens with one attached hydrogen (secondary N) is 2. The molecular weight excluding hydrogens is 287 g/mol. The number of carboxylic acid groups (broad SMARTS) is 1. The van der Waals surface area contributed by atoms with Gasteiger partial charge in [0.2, 0.25) is 0 Å². The Balaban J connectivity index is 2.11. The number of aromatic nitrogens is 1. The minimum atomic E-state index is -4.43. The third kappa shape index (κ3) is 3.56. The molecule has 1 aliphatic carbocycles. The number of anilines is 1. The number of carbonyl (C=O) groups excluding carboxylic acids is 1. The smallest absolute Gasteiger partial charge is 0.417 e. The van der Waals surface area contributed by atoms with Crippen molar-refractivity contribution in [1.29, 1.82) is 0 Å². The largest absolute Gasteiger partial charge is 0.530 e. The van der Waals surface area contributed by atoms with Crippen LogP contribution in [0.1, 0.15) is 31.7 Å². The van der Waals surface area contributed by atoms with Crippen molar-refractivity contribution >= 4 is 11.9 Å². The summed E-state index contributed by atoms with van der Waals surface area (Å²) in [5, 5.41) is 16.0. The summed E-state index contributed by atoms with van der Waals surface area (Å²) in [6, 6.07) is 1.81. The van der Waals surface area contributed by atoms with Gasteiger partial charge in [0.25, 0.3) is 0 Å². The second-order valence-electron chi connectivity index (χ2n) is 5.35. The van der Waals surface area contributed by atoms with E-state index in [1.807, 2.05) is 0 Å². The average molecular weight is 302 g/mol. The van der Waals surface area contributed by atoms with E-state index in [9.17, 15) is 23.1 Å². The molecule has 0 aliphatic heterocycles. The van der Waals surface area contributed by atoms with E-state index in [4.69, 9.17) is 0 Å². The molecule has 2 N–H and O–H groups in total. The van der Waals surface area contributed by atoms with Crippen LogP contribution in [-0.4, -0.2) is 22.7 Å². The van der Waals surface area contributed by atoms with Gasteiger partial charge in [0.05, 0.1) is 17.1 Å². The maximum atomic E-state index is 12.5. The molecule has 21 heavy (non-hydrogen) atoms. The summed E-state index contributed by atoms with van der Waals surface area (Å²) in [6.45, 7) is 1.81. The van der Waals surface area contributed by atoms with E-state index in [0.29, 0.717) is 12.8 Å². The summed E-state index contributed by atoms with van der Waals surface area (Å²) < 4.78 is 37.4. The van der Waals surface area contributed by atoms with Gasteiger partial charge in [-0.2, -0.15) is 13.2 Å². The molecule has 1 fully saturated rings. The van der Waals surface area contributed by atoms with Crippen LogP contribution in [0.3, 0.4) is 0 Å². The van der Waals surface area contributed by atoms with Crippen molar-refractivity contribution in [2.45, 2.75) is 43.9 Å². The first-order valence-electron chi connectivity index (χ1n) is 6.50. The quantitative estimate of drug-likeness (QED) is 0.892. The summed E-state index contributed by atoms with van der Waals surface area (Å²) in [7, 11) is 0. The number of halogens is 3. The monoisotopic (exact) mass is 302 g/mol. The van der Waals surface area contributed by atoms with E-state index in [2.05, 4.69) is 15.6 Å². The number of amides is 1. The molecule has 0 saturated heterocycles. The molecule has 1 aromatic rings. The molecule has 0 spiro atoms. The zero-order chi connectivity index (χ0) is 15.7. The topological polar surface area (TPSA) is 77.1 Å². The van der Waals surface area contributed by atoms with E-state index >= 15 is 0 Å². The molecule has 0 radical (unpaired) electrons. The van der Waals surface area contributed by atoms with Crippen LogP contribution in [0.2, 0.25) is 0 Å². The second kappa shape index (κ2) is 5.42. The van der Waals surface area contributed by atoms with Crippen LogP contribution in [0, 0.1) is 0 Å². The van der Waals surface area contributed by atoms with Crippen molar-refractivity contribution in [3.63, 3.8) is 0 Å². The standard InChI is InChI=1S/C13H16F3N3O2/c1-12(6-2-3-9(12)18-11(20)21)19-10-5-4-8(7-17-10)13(14,15)16/h4-5,7,9,18H,2-3,6H2,1H3,(H,17,19)(H,20,21)/p-1. The van der Waals surface area contributed by atoms with Crippen LogP contribution < -0.4 is 15.7 Å². The predicted octanol–water partition coefficient (Wildman–Crippen LogP) is 1.76. The fraction of sp³-hybridized carbons (Fsp3) is 0.538. The highest BCUT2D eigenvalue weighted by Gasteiger charge is 2.39. The Bertz CT molecular complexity index is 518. The molecular formula is C13H15F3N3O2-. The lowest BCUT2D eigenvalue weighted by atomic mass is 9.95. The molecule has 2 unspecified atom stereocenters. The Morgan fingerprint density at radius 2 is 2.19 bits per heavy atom. The molecule has 5 nitrogen and oxygen atoms in total. The van der Waals surface area contributed by atoms with Gasteiger partial charge in [0.15, 0.2) is 0 Å². The fourth-order valence-corrected chi connectivity index (χ4v) is 2.62. The maximum Gasteiger partial charge on any atom is 0.417 e. The number of hydrogen-bond acceptors (Lipinski definition) is 4. The Hall–Kier alpha value is -1.99. The highest BCUT2D eigenvalue weighted by Crippen LogP contribution is 2.34. The Labute approximate surface area is 119 Å². The van der Waals surface area contributed by atoms with E-state index in [1.54, 1.807) is 6.92 Å². The lowest BCUT2D eigenvalue weighted by molar-refractivity contribution is -0.251. The summed E-state index contributed by atoms with van der Waals surface area (Å²) >= 11 is 0. The van der Waals surface area contributed by atoms with E-state index < -0.39 is 23.4 Å². The molecule has 0 bridgehead atoms. The van der Waals surface area contributed by atoms with Gasteiger partial charge in [-0.15, -0.1) is 0 Å². The molecule has 2 rings (SSSR count). The van der Waals surface area contributed by atoms with Gasteiger partial charge in [0.1, 0.15) is 11.9 Å². The van der Waals surface area contributed by atoms with Crippen molar-refractivity contribution in [2.75, 3.05) is 5.32 Å². The Kier molecular flexibility index (Phi) is 3.97. The van der Waals surface area contributed by atoms with Gasteiger partial charge < -0.3 is 20.5 Å². The van der Waals surface area contributed by atoms with Crippen molar-refractivity contribution in [3.8, 4) is 0 Å². The van der Waals surface area contributed by atoms with Gasteiger partial charge in [-0.1, -0.05) is 0 Å². The Morgan fingerprint density at radius 1 is 1.48 bits per heavy atom. The molecule has 8 heteroatoms. The van der Waals surface area contributed by atoms with Crippen molar-refractivity contribution in [3.05, 3.63) is 23.9 Å². The highest BCUT2D eigenvalue weighted by atomic mass is 19.4. The number of alkyl halides is 3. The minimum Gasteiger partial charge on any atom is -0.530 e. The van der Waals surface area contributed by atoms with Gasteiger partial charge in [-0.05, 0) is 38.3 Å². The molecule has 1 aliphatic rings. The Morgan fingerprint density at radius 3 is 2.71 bits per heavy atom. The third-order valence-electron chi connectivity index (χ3n) is 3.75. The second-order valence-corrected chi connectivity index (χ2v) is 5.35. The summed E-state index contributed by atoms with van der Waals surface area (Å²) in [4.78, 5) is 14.4. The SMILES string of the molecule is CC1(Nc2ccc(C(F)(F)F)cn2)CCCC1NC(=O)[O-]. The minimum absolute atomic E-state index is 0.276. The number of hydrogen-bond donors (Lipinski definition) is 2. The van der Waals surface area contributed by atoms with Gasteiger partial charge in [0, 0.05) is 6.20 Å². The van der Waals surface area contributed by atoms with E-state index in [1.165, 1.54) is 6.07 Å². The summed E-state index contributed by atoms with van der Waals surface area (Å²) in [6.07, 6.45) is -2.92. The predicted molar refractivity (Wildman–Crippen MR) is 67.4 cm³/mol. The molecule has 0 aromatic carbocycles. The van der Waals surface area contributed by atoms with Crippen LogP contribution in [-0.2, 0) is 6.18 Å². The van der Waals surface area contributed by atoms with E-state index in [-0.39, 0.29) is 11.9 Å². The van der Waals surface area contributed by atoms with Crippen LogP contribution in [0.4, 0.5) is 23.8 Å². The van der Waals surface area contributed by atoms with Gasteiger partial charge >= 0.3 is 6.18 Å². The van der Waals surface area contributed by atoms with Crippen molar-refractivity contribution < 1.29 is 23.1 Å². The van der Waals surface area contributed by atoms with Gasteiger partial charge in [-0.3, -0.25) is 0 Å². The number of pyridine rings is 1. The summed E-state index contributed by atoms with van der Waals surface area (Å²) in [5.41, 5.74) is -1.43. The molecule has 1 saturated carbocycles. The molecule has 1 heterocycles. The van der Waals surface area contributed by atoms with E-state index in [0.717, 1.165) is 18.7 Å². The third-order valence-corrected chi connectivity index (χ3v) is 3.75. The van der Waals surface area contributed by atoms with Crippen molar-refractivity contribution in [1.82, 2.24) is 10.3 Å². The van der Waals surface area contributed by atoms with Crippen molar-refractivity contribution in [2.24, 2.45) is 0 Å². The first kappa shape index (κ1) is 15.4. The average Bonchev–Trinajstić information content (AvgIpc) is 2.69. The fourth-order valence-electron chi connectivity index (χ4n) is 2.62. The van der Waals surface area contributed by atoms with Crippen LogP contribution in [0.15, 0.2) is 18.3 Å². The molecule has 116 valence electrons. The lowest BCUT2D eigenvalue weighted by Crippen LogP contribution is -2.55. The van der Waals surface area contributed by atoms with Crippen LogP contribution in [0.5, 0.6) is 0 Å². The zero-order valence-electron chi connectivity index (χ0n) is 11.3. The van der Waals surface area contributed by atoms with Crippen LogP contribution in [0.25, 0.3) is 0 Å². The van der Waals surface area contributed by atoms with Crippen LogP contribution >= 0.6 is 0 Å². The molecule has 1 aromatic heterocycles. The first-order chi connectivity index (χ1) is 9.71. The zero-order valence-corrected chi connectivity index (χ0v) is 11.3. The highest BCUT2D eigenvalue weighted by molar-refractivity contribution is 5.63. The number of nitrogens with zero attached hydrogens (tertiary/aromatic N) is 1. The number of carbonyl (C=O) groups is 1. The lowest BCUT2D eigenvalue weighted by Gasteiger charge is -2.34. The first-order valence-corrected chi connectivity index (χ1v) is 6.50. The summed E-state index contributed by atoms with van der Waals surface area (Å²) in [5.74, 6) is 0.276. The molecule has 1 amide bonds.